The molecule has 3 nitrogen and oxygen atoms in total. The molecule has 11 heavy (non-hydrogen) atoms. The number of carboxylic acid groups (broad SMARTS) is 1. The predicted molar refractivity (Wildman–Crippen MR) is 44.5 cm³/mol. The van der Waals surface area contributed by atoms with Crippen LogP contribution in [0.15, 0.2) is 0 Å². The quantitative estimate of drug-likeness (QED) is 0.664. The summed E-state index contributed by atoms with van der Waals surface area (Å²) in [5.74, 6) is 0. The lowest BCUT2D eigenvalue weighted by Crippen LogP contribution is -2.31. The molecule has 0 aromatic rings. The van der Waals surface area contributed by atoms with E-state index in [0.29, 0.717) is 13.1 Å². The first-order chi connectivity index (χ1) is 5.22. The summed E-state index contributed by atoms with van der Waals surface area (Å²) < 4.78 is 0. The molecule has 0 saturated carbocycles. The minimum atomic E-state index is -0.819. The molecule has 65 valence electrons. The van der Waals surface area contributed by atoms with Gasteiger partial charge in [-0.3, -0.25) is 0 Å². The zero-order valence-corrected chi connectivity index (χ0v) is 7.05. The number of unbranched alkanes of at least 4 members (excludes halogenated alkanes) is 1. The molecule has 1 radical (unpaired) electrons. The maximum absolute atomic E-state index is 10.5. The Morgan fingerprint density at radius 2 is 2.18 bits per heavy atom. The van der Waals surface area contributed by atoms with Gasteiger partial charge in [0, 0.05) is 13.1 Å². The molecule has 0 aromatic heterocycles. The van der Waals surface area contributed by atoms with Gasteiger partial charge in [0.25, 0.3) is 0 Å². The van der Waals surface area contributed by atoms with E-state index in [4.69, 9.17) is 5.11 Å². The van der Waals surface area contributed by atoms with Gasteiger partial charge in [-0.1, -0.05) is 20.3 Å². The summed E-state index contributed by atoms with van der Waals surface area (Å²) in [4.78, 5) is 11.9. The van der Waals surface area contributed by atoms with Crippen LogP contribution >= 0.6 is 0 Å². The Kier molecular flexibility index (Phi) is 5.61. The third kappa shape index (κ3) is 4.65. The predicted octanol–water partition coefficient (Wildman–Crippen LogP) is 1.99. The van der Waals surface area contributed by atoms with Crippen molar-refractivity contribution < 1.29 is 9.90 Å². The van der Waals surface area contributed by atoms with Crippen molar-refractivity contribution in [3.05, 3.63) is 6.92 Å². The fourth-order valence-corrected chi connectivity index (χ4v) is 0.876. The van der Waals surface area contributed by atoms with Gasteiger partial charge in [-0.25, -0.2) is 4.79 Å². The van der Waals surface area contributed by atoms with Crippen LogP contribution in [-0.2, 0) is 0 Å². The molecule has 0 bridgehead atoms. The number of hydrogen-bond donors (Lipinski definition) is 1. The summed E-state index contributed by atoms with van der Waals surface area (Å²) in [5.41, 5.74) is 0. The second-order valence-corrected chi connectivity index (χ2v) is 2.48. The van der Waals surface area contributed by atoms with Crippen molar-refractivity contribution in [3.8, 4) is 0 Å². The van der Waals surface area contributed by atoms with Gasteiger partial charge in [0.2, 0.25) is 0 Å². The summed E-state index contributed by atoms with van der Waals surface area (Å²) in [6.45, 7) is 6.88. The molecule has 1 N–H and O–H groups in total. The molecule has 0 aromatic carbocycles. The number of nitrogens with zero attached hydrogens (tertiary/aromatic N) is 1. The van der Waals surface area contributed by atoms with Gasteiger partial charge < -0.3 is 10.0 Å². The standard InChI is InChI=1S/C8H16NO2/c1-3-5-7-9(6-4-2)8(10)11/h1,3-7H2,2H3,(H,10,11). The van der Waals surface area contributed by atoms with E-state index in [2.05, 4.69) is 6.92 Å². The Morgan fingerprint density at radius 3 is 2.55 bits per heavy atom. The van der Waals surface area contributed by atoms with Crippen molar-refractivity contribution in [2.24, 2.45) is 0 Å². The third-order valence-electron chi connectivity index (χ3n) is 1.44. The molecule has 0 fully saturated rings. The molecule has 0 unspecified atom stereocenters. The van der Waals surface area contributed by atoms with Crippen LogP contribution in [0.4, 0.5) is 4.79 Å². The van der Waals surface area contributed by atoms with Crippen LogP contribution in [0.5, 0.6) is 0 Å². The molecule has 1 amide bonds. The third-order valence-corrected chi connectivity index (χ3v) is 1.44. The maximum atomic E-state index is 10.5. The second-order valence-electron chi connectivity index (χ2n) is 2.48. The van der Waals surface area contributed by atoms with Crippen molar-refractivity contribution in [2.75, 3.05) is 13.1 Å². The molecule has 0 aliphatic rings. The molecule has 0 aliphatic carbocycles. The molecule has 0 spiro atoms. The summed E-state index contributed by atoms with van der Waals surface area (Å²) in [7, 11) is 0. The van der Waals surface area contributed by atoms with Gasteiger partial charge in [-0.15, -0.1) is 0 Å². The SMILES string of the molecule is [CH2]CCCN(CCC)C(=O)O. The van der Waals surface area contributed by atoms with Gasteiger partial charge in [0.1, 0.15) is 0 Å². The monoisotopic (exact) mass is 158 g/mol. The van der Waals surface area contributed by atoms with Crippen molar-refractivity contribution >= 4 is 6.09 Å². The summed E-state index contributed by atoms with van der Waals surface area (Å²) in [6, 6.07) is 0. The minimum absolute atomic E-state index is 0.618. The van der Waals surface area contributed by atoms with Crippen LogP contribution in [0.25, 0.3) is 0 Å². The summed E-state index contributed by atoms with van der Waals surface area (Å²) in [6.07, 6.45) is 1.71. The Morgan fingerprint density at radius 1 is 1.55 bits per heavy atom. The van der Waals surface area contributed by atoms with E-state index in [9.17, 15) is 4.79 Å². The van der Waals surface area contributed by atoms with Crippen molar-refractivity contribution in [2.45, 2.75) is 26.2 Å². The molecular weight excluding hydrogens is 142 g/mol. The van der Waals surface area contributed by atoms with Crippen LogP contribution in [0.1, 0.15) is 26.2 Å². The van der Waals surface area contributed by atoms with Gasteiger partial charge in [0.15, 0.2) is 0 Å². The molecule has 3 heteroatoms. The minimum Gasteiger partial charge on any atom is -0.465 e. The molecule has 0 aliphatic heterocycles. The van der Waals surface area contributed by atoms with Crippen LogP contribution < -0.4 is 0 Å². The van der Waals surface area contributed by atoms with E-state index in [-0.39, 0.29) is 0 Å². The van der Waals surface area contributed by atoms with Gasteiger partial charge >= 0.3 is 6.09 Å². The van der Waals surface area contributed by atoms with Crippen LogP contribution in [0.3, 0.4) is 0 Å². The van der Waals surface area contributed by atoms with E-state index < -0.39 is 6.09 Å². The highest BCUT2D eigenvalue weighted by molar-refractivity contribution is 5.64. The number of carbonyl (C=O) groups is 1. The molecule has 0 atom stereocenters. The Balaban J connectivity index is 3.60. The number of amides is 1. The molecular formula is C8H16NO2. The first-order valence-electron chi connectivity index (χ1n) is 3.99. The van der Waals surface area contributed by atoms with E-state index in [1.54, 1.807) is 0 Å². The lowest BCUT2D eigenvalue weighted by Gasteiger charge is -2.17. The fourth-order valence-electron chi connectivity index (χ4n) is 0.876. The largest absolute Gasteiger partial charge is 0.465 e. The van der Waals surface area contributed by atoms with E-state index in [1.165, 1.54) is 4.90 Å². The Labute approximate surface area is 68.0 Å². The fraction of sp³-hybridized carbons (Fsp3) is 0.750. The number of hydrogen-bond acceptors (Lipinski definition) is 1. The molecule has 0 heterocycles. The van der Waals surface area contributed by atoms with E-state index in [1.807, 2.05) is 6.92 Å². The van der Waals surface area contributed by atoms with Crippen molar-refractivity contribution in [1.29, 1.82) is 0 Å². The zero-order valence-electron chi connectivity index (χ0n) is 7.05. The van der Waals surface area contributed by atoms with Gasteiger partial charge in [-0.05, 0) is 12.8 Å². The first-order valence-corrected chi connectivity index (χ1v) is 3.99. The van der Waals surface area contributed by atoms with Gasteiger partial charge in [0.05, 0.1) is 0 Å². The van der Waals surface area contributed by atoms with Gasteiger partial charge in [-0.2, -0.15) is 0 Å². The van der Waals surface area contributed by atoms with E-state index >= 15 is 0 Å². The normalized spacial score (nSPS) is 9.64. The highest BCUT2D eigenvalue weighted by Crippen LogP contribution is 1.96. The average Bonchev–Trinajstić information content (AvgIpc) is 1.97. The second kappa shape index (κ2) is 6.01. The highest BCUT2D eigenvalue weighted by atomic mass is 16.4. The Bertz CT molecular complexity index is 115. The smallest absolute Gasteiger partial charge is 0.407 e. The van der Waals surface area contributed by atoms with Crippen molar-refractivity contribution in [1.82, 2.24) is 4.90 Å². The van der Waals surface area contributed by atoms with E-state index in [0.717, 1.165) is 19.3 Å². The summed E-state index contributed by atoms with van der Waals surface area (Å²) >= 11 is 0. The Hall–Kier alpha value is -0.730. The average molecular weight is 158 g/mol. The zero-order chi connectivity index (χ0) is 8.69. The summed E-state index contributed by atoms with van der Waals surface area (Å²) in [5, 5.41) is 8.64. The molecule has 0 rings (SSSR count). The lowest BCUT2D eigenvalue weighted by molar-refractivity contribution is 0.144. The van der Waals surface area contributed by atoms with Crippen molar-refractivity contribution in [3.63, 3.8) is 0 Å². The molecule has 0 saturated heterocycles. The van der Waals surface area contributed by atoms with Crippen LogP contribution in [0.2, 0.25) is 0 Å². The maximum Gasteiger partial charge on any atom is 0.407 e. The van der Waals surface area contributed by atoms with Crippen LogP contribution in [0, 0.1) is 6.92 Å². The highest BCUT2D eigenvalue weighted by Gasteiger charge is 2.07. The first kappa shape index (κ1) is 10.3. The lowest BCUT2D eigenvalue weighted by atomic mass is 10.3. The number of rotatable bonds is 5. The van der Waals surface area contributed by atoms with Crippen LogP contribution in [-0.4, -0.2) is 29.2 Å². The topological polar surface area (TPSA) is 40.5 Å².